The van der Waals surface area contributed by atoms with E-state index in [2.05, 4.69) is 16.0 Å². The van der Waals surface area contributed by atoms with Crippen LogP contribution in [0.15, 0.2) is 54.6 Å². The highest BCUT2D eigenvalue weighted by Crippen LogP contribution is 2.24. The standard InChI is InChI=1S/C22H22N4O5/c1-14(26-21(30)16-9-5-6-10-17(16)22(26)31)19(28)24-12-11-23-18(27)13-25-20(29)15-7-3-2-4-8-15/h2-10,14H,11-13H2,1H3,(H,23,27)(H,24,28)(H,25,29). The van der Waals surface area contributed by atoms with Crippen molar-refractivity contribution in [2.75, 3.05) is 19.6 Å². The number of hydrogen-bond acceptors (Lipinski definition) is 5. The summed E-state index contributed by atoms with van der Waals surface area (Å²) >= 11 is 0. The third kappa shape index (κ3) is 4.95. The van der Waals surface area contributed by atoms with Gasteiger partial charge in [-0.25, -0.2) is 0 Å². The predicted octanol–water partition coefficient (Wildman–Crippen LogP) is 0.334. The molecule has 3 rings (SSSR count). The van der Waals surface area contributed by atoms with Gasteiger partial charge in [0.1, 0.15) is 6.04 Å². The topological polar surface area (TPSA) is 125 Å². The van der Waals surface area contributed by atoms with Crippen LogP contribution in [0.3, 0.4) is 0 Å². The van der Waals surface area contributed by atoms with Gasteiger partial charge in [-0.15, -0.1) is 0 Å². The van der Waals surface area contributed by atoms with E-state index in [9.17, 15) is 24.0 Å². The van der Waals surface area contributed by atoms with Crippen LogP contribution in [0.2, 0.25) is 0 Å². The fraction of sp³-hybridized carbons (Fsp3) is 0.227. The number of carbonyl (C=O) groups excluding carboxylic acids is 5. The normalized spacial score (nSPS) is 13.4. The summed E-state index contributed by atoms with van der Waals surface area (Å²) in [5.41, 5.74) is 0.999. The Labute approximate surface area is 178 Å². The highest BCUT2D eigenvalue weighted by molar-refractivity contribution is 6.22. The van der Waals surface area contributed by atoms with Crippen LogP contribution in [0.5, 0.6) is 0 Å². The summed E-state index contributed by atoms with van der Waals surface area (Å²) in [5.74, 6) is -2.30. The minimum absolute atomic E-state index is 0.102. The maximum Gasteiger partial charge on any atom is 0.262 e. The Morgan fingerprint density at radius 2 is 1.35 bits per heavy atom. The third-order valence-corrected chi connectivity index (χ3v) is 4.78. The lowest BCUT2D eigenvalue weighted by atomic mass is 10.1. The van der Waals surface area contributed by atoms with Gasteiger partial charge >= 0.3 is 0 Å². The molecule has 3 N–H and O–H groups in total. The Hall–Kier alpha value is -4.01. The zero-order valence-electron chi connectivity index (χ0n) is 16.9. The molecule has 2 aromatic carbocycles. The maximum atomic E-state index is 12.4. The molecule has 0 fully saturated rings. The molecule has 0 saturated heterocycles. The van der Waals surface area contributed by atoms with Crippen LogP contribution in [0.1, 0.15) is 38.0 Å². The number of fused-ring (bicyclic) bond motifs is 1. The zero-order chi connectivity index (χ0) is 22.4. The van der Waals surface area contributed by atoms with Crippen molar-refractivity contribution in [3.63, 3.8) is 0 Å². The second kappa shape index (κ2) is 9.66. The summed E-state index contributed by atoms with van der Waals surface area (Å²) in [6.45, 7) is 1.49. The van der Waals surface area contributed by atoms with Crippen molar-refractivity contribution in [1.29, 1.82) is 0 Å². The van der Waals surface area contributed by atoms with E-state index in [0.29, 0.717) is 5.56 Å². The quantitative estimate of drug-likeness (QED) is 0.418. The number of hydrogen-bond donors (Lipinski definition) is 3. The molecule has 1 unspecified atom stereocenters. The van der Waals surface area contributed by atoms with Crippen LogP contribution in [0, 0.1) is 0 Å². The van der Waals surface area contributed by atoms with Crippen molar-refractivity contribution < 1.29 is 24.0 Å². The number of rotatable bonds is 8. The molecule has 5 amide bonds. The molecule has 0 aliphatic carbocycles. The number of benzene rings is 2. The predicted molar refractivity (Wildman–Crippen MR) is 111 cm³/mol. The molecule has 0 saturated carbocycles. The van der Waals surface area contributed by atoms with E-state index in [1.807, 2.05) is 0 Å². The van der Waals surface area contributed by atoms with E-state index in [-0.39, 0.29) is 36.7 Å². The van der Waals surface area contributed by atoms with Gasteiger partial charge in [0.2, 0.25) is 11.8 Å². The minimum atomic E-state index is -0.992. The number of amides is 5. The molecule has 0 bridgehead atoms. The minimum Gasteiger partial charge on any atom is -0.353 e. The Morgan fingerprint density at radius 1 is 0.806 bits per heavy atom. The van der Waals surface area contributed by atoms with E-state index in [1.54, 1.807) is 54.6 Å². The van der Waals surface area contributed by atoms with Gasteiger partial charge < -0.3 is 16.0 Å². The van der Waals surface area contributed by atoms with E-state index in [4.69, 9.17) is 0 Å². The Balaban J connectivity index is 1.39. The number of carbonyl (C=O) groups is 5. The summed E-state index contributed by atoms with van der Waals surface area (Å²) in [7, 11) is 0. The summed E-state index contributed by atoms with van der Waals surface area (Å²) in [6, 6.07) is 13.9. The largest absolute Gasteiger partial charge is 0.353 e. The van der Waals surface area contributed by atoms with Crippen molar-refractivity contribution in [3.05, 3.63) is 71.3 Å². The van der Waals surface area contributed by atoms with Crippen molar-refractivity contribution in [1.82, 2.24) is 20.9 Å². The molecular weight excluding hydrogens is 400 g/mol. The first-order chi connectivity index (χ1) is 14.9. The Morgan fingerprint density at radius 3 is 1.97 bits per heavy atom. The summed E-state index contributed by atoms with van der Waals surface area (Å²) in [6.07, 6.45) is 0. The lowest BCUT2D eigenvalue weighted by Gasteiger charge is -2.21. The maximum absolute atomic E-state index is 12.4. The summed E-state index contributed by atoms with van der Waals surface area (Å²) < 4.78 is 0. The van der Waals surface area contributed by atoms with Crippen LogP contribution < -0.4 is 16.0 Å². The van der Waals surface area contributed by atoms with Gasteiger partial charge in [-0.1, -0.05) is 30.3 Å². The highest BCUT2D eigenvalue weighted by atomic mass is 16.2. The van der Waals surface area contributed by atoms with E-state index in [0.717, 1.165) is 4.90 Å². The molecule has 0 aromatic heterocycles. The average Bonchev–Trinajstić information content (AvgIpc) is 3.05. The second-order valence-electron chi connectivity index (χ2n) is 6.89. The summed E-state index contributed by atoms with van der Waals surface area (Å²) in [4.78, 5) is 61.9. The molecule has 1 heterocycles. The molecule has 9 heteroatoms. The first kappa shape index (κ1) is 21.7. The lowest BCUT2D eigenvalue weighted by molar-refractivity contribution is -0.125. The molecule has 9 nitrogen and oxygen atoms in total. The van der Waals surface area contributed by atoms with Crippen molar-refractivity contribution in [2.45, 2.75) is 13.0 Å². The fourth-order valence-corrected chi connectivity index (χ4v) is 3.13. The molecule has 160 valence electrons. The number of nitrogens with one attached hydrogen (secondary N) is 3. The summed E-state index contributed by atoms with van der Waals surface area (Å²) in [5, 5.41) is 7.66. The van der Waals surface area contributed by atoms with Gasteiger partial charge in [-0.05, 0) is 31.2 Å². The van der Waals surface area contributed by atoms with Crippen LogP contribution in [-0.2, 0) is 9.59 Å². The second-order valence-corrected chi connectivity index (χ2v) is 6.89. The first-order valence-electron chi connectivity index (χ1n) is 9.74. The molecule has 2 aromatic rings. The van der Waals surface area contributed by atoms with Crippen LogP contribution in [-0.4, -0.2) is 60.1 Å². The van der Waals surface area contributed by atoms with Crippen molar-refractivity contribution >= 4 is 29.5 Å². The highest BCUT2D eigenvalue weighted by Gasteiger charge is 2.40. The van der Waals surface area contributed by atoms with E-state index < -0.39 is 29.7 Å². The van der Waals surface area contributed by atoms with Gasteiger partial charge in [0.25, 0.3) is 17.7 Å². The fourth-order valence-electron chi connectivity index (χ4n) is 3.13. The van der Waals surface area contributed by atoms with Gasteiger partial charge in [-0.2, -0.15) is 0 Å². The molecule has 0 spiro atoms. The smallest absolute Gasteiger partial charge is 0.262 e. The molecule has 0 radical (unpaired) electrons. The third-order valence-electron chi connectivity index (χ3n) is 4.78. The van der Waals surface area contributed by atoms with E-state index in [1.165, 1.54) is 6.92 Å². The van der Waals surface area contributed by atoms with E-state index >= 15 is 0 Å². The van der Waals surface area contributed by atoms with Crippen molar-refractivity contribution in [3.8, 4) is 0 Å². The molecule has 1 aliphatic rings. The van der Waals surface area contributed by atoms with Crippen LogP contribution >= 0.6 is 0 Å². The Kier molecular flexibility index (Phi) is 6.76. The lowest BCUT2D eigenvalue weighted by Crippen LogP contribution is -2.49. The number of nitrogens with zero attached hydrogens (tertiary/aromatic N) is 1. The Bertz CT molecular complexity index is 987. The van der Waals surface area contributed by atoms with Crippen molar-refractivity contribution in [2.24, 2.45) is 0 Å². The SMILES string of the molecule is CC(C(=O)NCCNC(=O)CNC(=O)c1ccccc1)N1C(=O)c2ccccc2C1=O. The molecule has 31 heavy (non-hydrogen) atoms. The van der Waals surface area contributed by atoms with Gasteiger partial charge in [0.15, 0.2) is 0 Å². The van der Waals surface area contributed by atoms with Crippen LogP contribution in [0.4, 0.5) is 0 Å². The zero-order valence-corrected chi connectivity index (χ0v) is 16.9. The van der Waals surface area contributed by atoms with Crippen LogP contribution in [0.25, 0.3) is 0 Å². The first-order valence-corrected chi connectivity index (χ1v) is 9.74. The monoisotopic (exact) mass is 422 g/mol. The molecule has 1 aliphatic heterocycles. The average molecular weight is 422 g/mol. The number of imide groups is 1. The molecule has 1 atom stereocenters. The molecular formula is C22H22N4O5. The van der Waals surface area contributed by atoms with Gasteiger partial charge in [0, 0.05) is 18.7 Å². The van der Waals surface area contributed by atoms with Gasteiger partial charge in [-0.3, -0.25) is 28.9 Å². The van der Waals surface area contributed by atoms with Gasteiger partial charge in [0.05, 0.1) is 17.7 Å².